The van der Waals surface area contributed by atoms with Crippen LogP contribution in [-0.4, -0.2) is 17.0 Å². The molecule has 0 heterocycles. The van der Waals surface area contributed by atoms with Gasteiger partial charge in [-0.05, 0) is 31.2 Å². The summed E-state index contributed by atoms with van der Waals surface area (Å²) in [6.07, 6.45) is -0.993. The van der Waals surface area contributed by atoms with Gasteiger partial charge in [0.2, 0.25) is 0 Å². The number of rotatable bonds is 2. The number of nitriles is 1. The van der Waals surface area contributed by atoms with Crippen molar-refractivity contribution >= 4 is 5.78 Å². The number of carbonyl (C=O) groups excluding carboxylic acids is 1. The third kappa shape index (κ3) is 2.14. The first-order valence-electron chi connectivity index (χ1n) is 3.87. The second-order valence-corrected chi connectivity index (χ2v) is 2.73. The van der Waals surface area contributed by atoms with Crippen molar-refractivity contribution in [2.75, 3.05) is 0 Å². The molecule has 1 rings (SSSR count). The second-order valence-electron chi connectivity index (χ2n) is 2.73. The van der Waals surface area contributed by atoms with Gasteiger partial charge < -0.3 is 5.11 Å². The molecule has 0 aliphatic heterocycles. The third-order valence-electron chi connectivity index (χ3n) is 1.68. The summed E-state index contributed by atoms with van der Waals surface area (Å²) >= 11 is 0. The SMILES string of the molecule is C[C@H](O)C(=O)c1ccc(C#N)cc1. The lowest BCUT2D eigenvalue weighted by molar-refractivity contribution is 0.0779. The lowest BCUT2D eigenvalue weighted by Gasteiger charge is -2.02. The van der Waals surface area contributed by atoms with Crippen LogP contribution < -0.4 is 0 Å². The zero-order valence-electron chi connectivity index (χ0n) is 7.19. The zero-order valence-corrected chi connectivity index (χ0v) is 7.19. The van der Waals surface area contributed by atoms with Crippen molar-refractivity contribution in [2.45, 2.75) is 13.0 Å². The van der Waals surface area contributed by atoms with Crippen molar-refractivity contribution in [3.05, 3.63) is 35.4 Å². The number of ketones is 1. The summed E-state index contributed by atoms with van der Waals surface area (Å²) < 4.78 is 0. The number of aliphatic hydroxyl groups excluding tert-OH is 1. The van der Waals surface area contributed by atoms with Crippen LogP contribution in [0.25, 0.3) is 0 Å². The van der Waals surface area contributed by atoms with Gasteiger partial charge in [0.25, 0.3) is 0 Å². The molecule has 0 saturated carbocycles. The Labute approximate surface area is 76.2 Å². The normalized spacial score (nSPS) is 11.8. The molecule has 0 unspecified atom stereocenters. The molecule has 0 aliphatic rings. The Balaban J connectivity index is 2.94. The maximum absolute atomic E-state index is 11.2. The summed E-state index contributed by atoms with van der Waals surface area (Å²) in [4.78, 5) is 11.2. The van der Waals surface area contributed by atoms with Crippen molar-refractivity contribution in [2.24, 2.45) is 0 Å². The Bertz CT molecular complexity index is 346. The molecule has 66 valence electrons. The van der Waals surface area contributed by atoms with Gasteiger partial charge in [-0.15, -0.1) is 0 Å². The number of hydrogen-bond donors (Lipinski definition) is 1. The van der Waals surface area contributed by atoms with Crippen LogP contribution in [0, 0.1) is 11.3 Å². The van der Waals surface area contributed by atoms with E-state index in [1.54, 1.807) is 12.1 Å². The number of benzene rings is 1. The minimum atomic E-state index is -0.993. The first kappa shape index (κ1) is 9.43. The van der Waals surface area contributed by atoms with Crippen LogP contribution in [0.4, 0.5) is 0 Å². The molecule has 1 atom stereocenters. The largest absolute Gasteiger partial charge is 0.385 e. The Kier molecular flexibility index (Phi) is 2.78. The van der Waals surface area contributed by atoms with Crippen molar-refractivity contribution < 1.29 is 9.90 Å². The molecule has 0 spiro atoms. The van der Waals surface area contributed by atoms with Gasteiger partial charge >= 0.3 is 0 Å². The van der Waals surface area contributed by atoms with Crippen molar-refractivity contribution in [1.82, 2.24) is 0 Å². The van der Waals surface area contributed by atoms with Crippen molar-refractivity contribution in [1.29, 1.82) is 5.26 Å². The Hall–Kier alpha value is -1.66. The molecule has 3 heteroatoms. The van der Waals surface area contributed by atoms with E-state index in [1.807, 2.05) is 6.07 Å². The highest BCUT2D eigenvalue weighted by Gasteiger charge is 2.10. The minimum absolute atomic E-state index is 0.329. The first-order chi connectivity index (χ1) is 6.15. The molecule has 0 bridgehead atoms. The van der Waals surface area contributed by atoms with E-state index in [4.69, 9.17) is 10.4 Å². The zero-order chi connectivity index (χ0) is 9.84. The predicted octanol–water partition coefficient (Wildman–Crippen LogP) is 1.12. The molecule has 0 fully saturated rings. The summed E-state index contributed by atoms with van der Waals surface area (Å²) in [6, 6.07) is 8.12. The molecule has 1 aromatic carbocycles. The summed E-state index contributed by atoms with van der Waals surface area (Å²) in [5, 5.41) is 17.5. The van der Waals surface area contributed by atoms with Crippen LogP contribution in [-0.2, 0) is 0 Å². The van der Waals surface area contributed by atoms with Crippen molar-refractivity contribution in [3.8, 4) is 6.07 Å². The standard InChI is InChI=1S/C10H9NO2/c1-7(12)10(13)9-4-2-8(6-11)3-5-9/h2-5,7,12H,1H3/t7-/m0/s1. The smallest absolute Gasteiger partial charge is 0.190 e. The number of aliphatic hydroxyl groups is 1. The number of hydrogen-bond acceptors (Lipinski definition) is 3. The Morgan fingerprint density at radius 2 is 2.00 bits per heavy atom. The highest BCUT2D eigenvalue weighted by molar-refractivity contribution is 5.99. The van der Waals surface area contributed by atoms with E-state index in [9.17, 15) is 4.79 Å². The summed E-state index contributed by atoms with van der Waals surface area (Å²) in [5.74, 6) is -0.329. The highest BCUT2D eigenvalue weighted by Crippen LogP contribution is 2.06. The fraction of sp³-hybridized carbons (Fsp3) is 0.200. The summed E-state index contributed by atoms with van der Waals surface area (Å²) in [6.45, 7) is 1.42. The van der Waals surface area contributed by atoms with E-state index in [0.717, 1.165) is 0 Å². The first-order valence-corrected chi connectivity index (χ1v) is 3.87. The van der Waals surface area contributed by atoms with E-state index in [-0.39, 0.29) is 5.78 Å². The average molecular weight is 175 g/mol. The van der Waals surface area contributed by atoms with Crippen LogP contribution in [0.15, 0.2) is 24.3 Å². The molecule has 0 radical (unpaired) electrons. The second kappa shape index (κ2) is 3.83. The maximum atomic E-state index is 11.2. The van der Waals surface area contributed by atoms with E-state index in [1.165, 1.54) is 19.1 Å². The van der Waals surface area contributed by atoms with Crippen molar-refractivity contribution in [3.63, 3.8) is 0 Å². The monoisotopic (exact) mass is 175 g/mol. The number of carbonyl (C=O) groups is 1. The van der Waals surface area contributed by atoms with Gasteiger partial charge in [0.15, 0.2) is 5.78 Å². The van der Waals surface area contributed by atoms with Gasteiger partial charge in [0.05, 0.1) is 11.6 Å². The fourth-order valence-corrected chi connectivity index (χ4v) is 0.950. The van der Waals surface area contributed by atoms with Gasteiger partial charge in [-0.2, -0.15) is 5.26 Å². The van der Waals surface area contributed by atoms with Gasteiger partial charge in [0, 0.05) is 5.56 Å². The van der Waals surface area contributed by atoms with Crippen LogP contribution in [0.1, 0.15) is 22.8 Å². The van der Waals surface area contributed by atoms with E-state index in [0.29, 0.717) is 11.1 Å². The lowest BCUT2D eigenvalue weighted by Crippen LogP contribution is -2.15. The van der Waals surface area contributed by atoms with Gasteiger partial charge in [0.1, 0.15) is 6.10 Å². The maximum Gasteiger partial charge on any atom is 0.190 e. The van der Waals surface area contributed by atoms with E-state index in [2.05, 4.69) is 0 Å². The molecule has 0 saturated heterocycles. The van der Waals surface area contributed by atoms with Crippen LogP contribution in [0.3, 0.4) is 0 Å². The molecule has 1 aromatic rings. The molecule has 0 aliphatic carbocycles. The van der Waals surface area contributed by atoms with Gasteiger partial charge in [-0.3, -0.25) is 4.79 Å². The predicted molar refractivity (Wildman–Crippen MR) is 47.2 cm³/mol. The molecule has 13 heavy (non-hydrogen) atoms. The molecule has 0 amide bonds. The minimum Gasteiger partial charge on any atom is -0.385 e. The summed E-state index contributed by atoms with van der Waals surface area (Å²) in [5.41, 5.74) is 0.927. The average Bonchev–Trinajstić information content (AvgIpc) is 2.17. The molecule has 1 N–H and O–H groups in total. The van der Waals surface area contributed by atoms with Crippen LogP contribution in [0.2, 0.25) is 0 Å². The quantitative estimate of drug-likeness (QED) is 0.685. The number of nitrogens with zero attached hydrogens (tertiary/aromatic N) is 1. The topological polar surface area (TPSA) is 61.1 Å². The molecular weight excluding hydrogens is 166 g/mol. The lowest BCUT2D eigenvalue weighted by atomic mass is 10.1. The van der Waals surface area contributed by atoms with Crippen LogP contribution >= 0.6 is 0 Å². The highest BCUT2D eigenvalue weighted by atomic mass is 16.3. The Morgan fingerprint density at radius 1 is 1.46 bits per heavy atom. The Morgan fingerprint density at radius 3 is 2.38 bits per heavy atom. The molecule has 3 nitrogen and oxygen atoms in total. The van der Waals surface area contributed by atoms with Gasteiger partial charge in [-0.25, -0.2) is 0 Å². The molecular formula is C10H9NO2. The van der Waals surface area contributed by atoms with Crippen LogP contribution in [0.5, 0.6) is 0 Å². The summed E-state index contributed by atoms with van der Waals surface area (Å²) in [7, 11) is 0. The number of Topliss-reactive ketones (excluding diaryl/α,β-unsaturated/α-hetero) is 1. The van der Waals surface area contributed by atoms with E-state index >= 15 is 0 Å². The van der Waals surface area contributed by atoms with E-state index < -0.39 is 6.10 Å². The molecule has 0 aromatic heterocycles. The van der Waals surface area contributed by atoms with Gasteiger partial charge in [-0.1, -0.05) is 0 Å². The fourth-order valence-electron chi connectivity index (χ4n) is 0.950. The third-order valence-corrected chi connectivity index (χ3v) is 1.68.